The van der Waals surface area contributed by atoms with Gasteiger partial charge >= 0.3 is 5.97 Å². The summed E-state index contributed by atoms with van der Waals surface area (Å²) in [5.41, 5.74) is 4.59. The lowest BCUT2D eigenvalue weighted by molar-refractivity contribution is -0.132. The van der Waals surface area contributed by atoms with Crippen LogP contribution in [0.3, 0.4) is 0 Å². The summed E-state index contributed by atoms with van der Waals surface area (Å²) in [5, 5.41) is 25.3. The molecule has 2 rings (SSSR count). The number of nitrogens with zero attached hydrogens (tertiary/aromatic N) is 2. The molecule has 0 saturated heterocycles. The molecule has 0 saturated carbocycles. The highest BCUT2D eigenvalue weighted by atomic mass is 16.6. The quantitative estimate of drug-likeness (QED) is 0.263. The van der Waals surface area contributed by atoms with E-state index in [0.29, 0.717) is 16.8 Å². The number of carbonyl (C=O) groups excluding carboxylic acids is 1. The minimum absolute atomic E-state index is 0.0446. The van der Waals surface area contributed by atoms with E-state index in [1.165, 1.54) is 27.2 Å². The van der Waals surface area contributed by atoms with E-state index < -0.39 is 5.97 Å². The second-order valence-electron chi connectivity index (χ2n) is 6.94. The molecule has 0 heterocycles. The van der Waals surface area contributed by atoms with Crippen LogP contribution in [0.2, 0.25) is 0 Å². The fourth-order valence-electron chi connectivity index (χ4n) is 2.93. The van der Waals surface area contributed by atoms with Crippen molar-refractivity contribution in [1.82, 2.24) is 0 Å². The molecule has 0 fully saturated rings. The van der Waals surface area contributed by atoms with Crippen molar-refractivity contribution < 1.29 is 24.3 Å². The van der Waals surface area contributed by atoms with Crippen LogP contribution in [-0.4, -0.2) is 42.4 Å². The third-order valence-corrected chi connectivity index (χ3v) is 4.60. The number of hydrogen-bond acceptors (Lipinski definition) is 8. The molecule has 32 heavy (non-hydrogen) atoms. The zero-order chi connectivity index (χ0) is 23.7. The summed E-state index contributed by atoms with van der Waals surface area (Å²) < 4.78 is 4.81. The summed E-state index contributed by atoms with van der Waals surface area (Å²) in [6.07, 6.45) is 1.38. The standard InChI is InChI=1S/C24H27N3O5/c1-15-7-6-8-20(23(27-31-5)24(29)30-4)21(15)14-32-26-17(3)18-9-11-19(12-10-18)22(25)13-16(2)28/h6-13,25,28H,14H2,1-5H3/b16-13-,25-22?,26-17+,27-23+. The van der Waals surface area contributed by atoms with Crippen LogP contribution in [0, 0.1) is 12.3 Å². The minimum Gasteiger partial charge on any atom is -0.513 e. The Hall–Kier alpha value is -3.94. The number of allylic oxidation sites excluding steroid dienone is 2. The maximum Gasteiger partial charge on any atom is 0.360 e. The number of carbonyl (C=O) groups is 1. The van der Waals surface area contributed by atoms with Gasteiger partial charge in [0.05, 0.1) is 24.3 Å². The molecule has 0 aliphatic heterocycles. The number of benzene rings is 2. The summed E-state index contributed by atoms with van der Waals surface area (Å²) in [6, 6.07) is 12.7. The molecule has 2 aromatic rings. The van der Waals surface area contributed by atoms with Gasteiger partial charge in [0.25, 0.3) is 0 Å². The van der Waals surface area contributed by atoms with Gasteiger partial charge in [0.2, 0.25) is 0 Å². The van der Waals surface area contributed by atoms with E-state index in [2.05, 4.69) is 10.3 Å². The molecule has 0 amide bonds. The van der Waals surface area contributed by atoms with Gasteiger partial charge in [-0.15, -0.1) is 0 Å². The summed E-state index contributed by atoms with van der Waals surface area (Å²) in [6.45, 7) is 5.34. The van der Waals surface area contributed by atoms with Crippen LogP contribution in [0.4, 0.5) is 0 Å². The van der Waals surface area contributed by atoms with Gasteiger partial charge in [-0.3, -0.25) is 0 Å². The molecule has 2 N–H and O–H groups in total. The van der Waals surface area contributed by atoms with Gasteiger partial charge in [0.15, 0.2) is 5.71 Å². The topological polar surface area (TPSA) is 114 Å². The monoisotopic (exact) mass is 437 g/mol. The number of aryl methyl sites for hydroxylation is 1. The van der Waals surface area contributed by atoms with E-state index >= 15 is 0 Å². The Bertz CT molecular complexity index is 1070. The molecule has 0 spiro atoms. The number of aliphatic hydroxyl groups excluding tert-OH is 1. The lowest BCUT2D eigenvalue weighted by atomic mass is 9.99. The van der Waals surface area contributed by atoms with Gasteiger partial charge < -0.3 is 24.9 Å². The molecular weight excluding hydrogens is 410 g/mol. The number of esters is 1. The van der Waals surface area contributed by atoms with E-state index in [-0.39, 0.29) is 23.8 Å². The smallest absolute Gasteiger partial charge is 0.360 e. The van der Waals surface area contributed by atoms with Gasteiger partial charge in [-0.1, -0.05) is 52.8 Å². The Kier molecular flexibility index (Phi) is 8.71. The Morgan fingerprint density at radius 1 is 1.06 bits per heavy atom. The maximum absolute atomic E-state index is 12.1. The van der Waals surface area contributed by atoms with Crippen LogP contribution < -0.4 is 0 Å². The molecular formula is C24H27N3O5. The van der Waals surface area contributed by atoms with Crippen LogP contribution in [-0.2, 0) is 25.8 Å². The lowest BCUT2D eigenvalue weighted by Crippen LogP contribution is -2.20. The highest BCUT2D eigenvalue weighted by Crippen LogP contribution is 2.18. The number of oxime groups is 2. The van der Waals surface area contributed by atoms with Crippen molar-refractivity contribution >= 4 is 23.1 Å². The SMILES string of the molecule is CO/N=C(/C(=O)OC)c1cccc(C)c1CO/N=C(\C)c1ccc(C(=N)/C=C(/C)O)cc1. The lowest BCUT2D eigenvalue weighted by Gasteiger charge is -2.12. The van der Waals surface area contributed by atoms with Crippen molar-refractivity contribution in [2.75, 3.05) is 14.2 Å². The summed E-state index contributed by atoms with van der Waals surface area (Å²) in [5.74, 6) is -0.540. The van der Waals surface area contributed by atoms with Crippen LogP contribution in [0.1, 0.15) is 41.7 Å². The number of nitrogens with one attached hydrogen (secondary N) is 1. The van der Waals surface area contributed by atoms with Crippen molar-refractivity contribution in [2.45, 2.75) is 27.4 Å². The Balaban J connectivity index is 2.21. The number of methoxy groups -OCH3 is 1. The first-order valence-corrected chi connectivity index (χ1v) is 9.80. The Labute approximate surface area is 187 Å². The van der Waals surface area contributed by atoms with Crippen molar-refractivity contribution in [3.63, 3.8) is 0 Å². The third-order valence-electron chi connectivity index (χ3n) is 4.60. The van der Waals surface area contributed by atoms with E-state index in [9.17, 15) is 9.90 Å². The highest BCUT2D eigenvalue weighted by molar-refractivity contribution is 6.43. The molecule has 0 radical (unpaired) electrons. The van der Waals surface area contributed by atoms with Crippen LogP contribution in [0.15, 0.2) is 64.6 Å². The van der Waals surface area contributed by atoms with E-state index in [1.807, 2.05) is 38.1 Å². The van der Waals surface area contributed by atoms with E-state index in [0.717, 1.165) is 16.7 Å². The first kappa shape index (κ1) is 24.3. The van der Waals surface area contributed by atoms with Gasteiger partial charge in [-0.25, -0.2) is 4.79 Å². The van der Waals surface area contributed by atoms with E-state index in [1.54, 1.807) is 18.2 Å². The fraction of sp³-hybridized carbons (Fsp3) is 0.250. The maximum atomic E-state index is 12.1. The average molecular weight is 437 g/mol. The van der Waals surface area contributed by atoms with Crippen LogP contribution in [0.25, 0.3) is 0 Å². The molecule has 0 aliphatic carbocycles. The zero-order valence-electron chi connectivity index (χ0n) is 18.8. The molecule has 0 aromatic heterocycles. The molecule has 8 nitrogen and oxygen atoms in total. The number of rotatable bonds is 9. The highest BCUT2D eigenvalue weighted by Gasteiger charge is 2.20. The minimum atomic E-state index is -0.615. The second kappa shape index (κ2) is 11.5. The molecule has 2 aromatic carbocycles. The first-order valence-electron chi connectivity index (χ1n) is 9.80. The van der Waals surface area contributed by atoms with Gasteiger partial charge in [0, 0.05) is 17.2 Å². The van der Waals surface area contributed by atoms with Crippen LogP contribution in [0.5, 0.6) is 0 Å². The predicted octanol–water partition coefficient (Wildman–Crippen LogP) is 4.29. The first-order chi connectivity index (χ1) is 15.3. The average Bonchev–Trinajstić information content (AvgIpc) is 2.77. The predicted molar refractivity (Wildman–Crippen MR) is 123 cm³/mol. The number of aliphatic hydroxyl groups is 1. The van der Waals surface area contributed by atoms with Crippen molar-refractivity contribution in [2.24, 2.45) is 10.3 Å². The van der Waals surface area contributed by atoms with E-state index in [4.69, 9.17) is 19.8 Å². The number of hydrogen-bond donors (Lipinski definition) is 2. The molecule has 0 atom stereocenters. The Morgan fingerprint density at radius 2 is 1.72 bits per heavy atom. The Morgan fingerprint density at radius 3 is 2.31 bits per heavy atom. The third kappa shape index (κ3) is 6.28. The van der Waals surface area contributed by atoms with Gasteiger partial charge in [-0.05, 0) is 37.5 Å². The van der Waals surface area contributed by atoms with Gasteiger partial charge in [-0.2, -0.15) is 0 Å². The van der Waals surface area contributed by atoms with Crippen molar-refractivity contribution in [3.05, 3.63) is 82.1 Å². The zero-order valence-corrected chi connectivity index (χ0v) is 18.8. The van der Waals surface area contributed by atoms with Gasteiger partial charge in [0.1, 0.15) is 13.7 Å². The molecule has 0 aliphatic rings. The normalized spacial score (nSPS) is 12.3. The molecule has 0 bridgehead atoms. The second-order valence-corrected chi connectivity index (χ2v) is 6.94. The summed E-state index contributed by atoms with van der Waals surface area (Å²) >= 11 is 0. The van der Waals surface area contributed by atoms with Crippen LogP contribution >= 0.6 is 0 Å². The molecule has 8 heteroatoms. The number of ether oxygens (including phenoxy) is 1. The summed E-state index contributed by atoms with van der Waals surface area (Å²) in [4.78, 5) is 22.5. The molecule has 168 valence electrons. The molecule has 0 unspecified atom stereocenters. The summed E-state index contributed by atoms with van der Waals surface area (Å²) in [7, 11) is 2.64. The largest absolute Gasteiger partial charge is 0.513 e. The van der Waals surface area contributed by atoms with Crippen molar-refractivity contribution in [1.29, 1.82) is 5.41 Å². The van der Waals surface area contributed by atoms with Crippen molar-refractivity contribution in [3.8, 4) is 0 Å². The fourth-order valence-corrected chi connectivity index (χ4v) is 2.93.